The average molecular weight is 460 g/mol. The number of unbranched alkanes of at least 4 members (excludes halogenated alkanes) is 2. The zero-order valence-corrected chi connectivity index (χ0v) is 19.0. The lowest BCUT2D eigenvalue weighted by Gasteiger charge is -2.31. The minimum Gasteiger partial charge on any atom is -0.465 e. The van der Waals surface area contributed by atoms with Crippen molar-refractivity contribution in [2.24, 2.45) is 0 Å². The molecule has 2 aromatic rings. The van der Waals surface area contributed by atoms with E-state index in [0.29, 0.717) is 30.1 Å². The summed E-state index contributed by atoms with van der Waals surface area (Å²) in [5.74, 6) is -0.150. The van der Waals surface area contributed by atoms with Gasteiger partial charge in [0.2, 0.25) is 0 Å². The van der Waals surface area contributed by atoms with E-state index in [9.17, 15) is 9.36 Å². The predicted molar refractivity (Wildman–Crippen MR) is 116 cm³/mol. The summed E-state index contributed by atoms with van der Waals surface area (Å²) in [6.07, 6.45) is 5.34. The summed E-state index contributed by atoms with van der Waals surface area (Å²) in [5.41, 5.74) is 6.90. The molecule has 0 spiro atoms. The highest BCUT2D eigenvalue weighted by atomic mass is 32.1. The quantitative estimate of drug-likeness (QED) is 0.323. The van der Waals surface area contributed by atoms with Gasteiger partial charge in [0.05, 0.1) is 26.1 Å². The van der Waals surface area contributed by atoms with Crippen LogP contribution in [0.5, 0.6) is 0 Å². The molecule has 3 heterocycles. The van der Waals surface area contributed by atoms with Crippen molar-refractivity contribution < 1.29 is 23.4 Å². The summed E-state index contributed by atoms with van der Waals surface area (Å²) in [4.78, 5) is 24.3. The minimum absolute atomic E-state index is 0. The Hall–Kier alpha value is -1.72. The van der Waals surface area contributed by atoms with E-state index >= 15 is 0 Å². The number of aromatic nitrogens is 4. The summed E-state index contributed by atoms with van der Waals surface area (Å²) in [7, 11) is -3.30. The van der Waals surface area contributed by atoms with Crippen molar-refractivity contribution in [1.29, 1.82) is 0 Å². The van der Waals surface area contributed by atoms with Crippen molar-refractivity contribution in [3.05, 3.63) is 12.7 Å². The summed E-state index contributed by atoms with van der Waals surface area (Å²) >= 11 is 0. The molecule has 0 amide bonds. The maximum absolute atomic E-state index is 12.8. The number of imidazole rings is 1. The first kappa shape index (κ1) is 24.5. The van der Waals surface area contributed by atoms with Gasteiger partial charge in [0.1, 0.15) is 30.3 Å². The van der Waals surface area contributed by atoms with Crippen molar-refractivity contribution in [3.8, 4) is 0 Å². The van der Waals surface area contributed by atoms with Gasteiger partial charge in [-0.3, -0.25) is 9.36 Å². The molecule has 0 bridgehead atoms. The standard InChI is InChI=1S/C17H27N6O5P.H2S/c1-3-4-5-6-26-17(24)12(2)22-29(25)11-27-13(8-28-29)7-23-10-21-14-15(18)19-9-20-16(14)23;/h9-10,12-13H,3-8,11H2,1-2H3,(H,22,25)(H2,18,19,20);1H2/t12-,13-,29?;/m0./s1. The Bertz CT molecular complexity index is 885. The first-order chi connectivity index (χ1) is 13.9. The second-order valence-corrected chi connectivity index (χ2v) is 9.06. The van der Waals surface area contributed by atoms with Crippen LogP contribution in [0.15, 0.2) is 12.7 Å². The van der Waals surface area contributed by atoms with Gasteiger partial charge in [-0.15, -0.1) is 0 Å². The molecule has 3 N–H and O–H groups in total. The molecule has 0 radical (unpaired) electrons. The predicted octanol–water partition coefficient (Wildman–Crippen LogP) is 1.80. The zero-order valence-electron chi connectivity index (χ0n) is 17.1. The molecule has 1 unspecified atom stereocenters. The molecule has 1 aliphatic heterocycles. The van der Waals surface area contributed by atoms with E-state index in [1.54, 1.807) is 17.8 Å². The fourth-order valence-electron chi connectivity index (χ4n) is 2.92. The number of ether oxygens (including phenoxy) is 2. The lowest BCUT2D eigenvalue weighted by molar-refractivity contribution is -0.145. The third kappa shape index (κ3) is 6.14. The number of anilines is 1. The molecule has 11 nitrogen and oxygen atoms in total. The maximum Gasteiger partial charge on any atom is 0.323 e. The van der Waals surface area contributed by atoms with Crippen LogP contribution in [-0.4, -0.2) is 57.2 Å². The second kappa shape index (κ2) is 11.1. The van der Waals surface area contributed by atoms with Crippen molar-refractivity contribution in [2.45, 2.75) is 51.8 Å². The Balaban J connectivity index is 0.00000320. The van der Waals surface area contributed by atoms with Gasteiger partial charge in [0.15, 0.2) is 11.5 Å². The number of nitrogens with one attached hydrogen (secondary N) is 1. The van der Waals surface area contributed by atoms with Crippen LogP contribution in [0.4, 0.5) is 5.82 Å². The first-order valence-electron chi connectivity index (χ1n) is 9.63. The first-order valence-corrected chi connectivity index (χ1v) is 11.4. The fourth-order valence-corrected chi connectivity index (χ4v) is 4.65. The Morgan fingerprint density at radius 1 is 1.43 bits per heavy atom. The smallest absolute Gasteiger partial charge is 0.323 e. The van der Waals surface area contributed by atoms with Crippen LogP contribution in [0.3, 0.4) is 0 Å². The Morgan fingerprint density at radius 3 is 2.93 bits per heavy atom. The molecule has 30 heavy (non-hydrogen) atoms. The Kier molecular flexibility index (Phi) is 9.05. The van der Waals surface area contributed by atoms with Crippen LogP contribution in [0.1, 0.15) is 33.1 Å². The van der Waals surface area contributed by atoms with Crippen molar-refractivity contribution in [2.75, 3.05) is 25.3 Å². The molecule has 1 saturated heterocycles. The highest BCUT2D eigenvalue weighted by molar-refractivity contribution is 7.59. The normalized spacial score (nSPS) is 22.4. The van der Waals surface area contributed by atoms with Crippen LogP contribution in [0.25, 0.3) is 11.2 Å². The Morgan fingerprint density at radius 2 is 2.23 bits per heavy atom. The van der Waals surface area contributed by atoms with E-state index in [0.717, 1.165) is 19.3 Å². The number of rotatable bonds is 9. The number of carbonyl (C=O) groups excluding carboxylic acids is 1. The molecule has 3 rings (SSSR count). The fraction of sp³-hybridized carbons (Fsp3) is 0.647. The number of fused-ring (bicyclic) bond motifs is 1. The van der Waals surface area contributed by atoms with Crippen LogP contribution in [0.2, 0.25) is 0 Å². The summed E-state index contributed by atoms with van der Waals surface area (Å²) < 4.78 is 31.0. The number of nitrogens with two attached hydrogens (primary N) is 1. The SMILES string of the molecule is CCCCCOC(=O)[C@H](C)NP1(=O)CO[C@@H](Cn2cnc3c(N)ncnc32)CO1.S. The summed E-state index contributed by atoms with van der Waals surface area (Å²) in [5, 5.41) is 2.73. The molecule has 0 aromatic carbocycles. The molecule has 168 valence electrons. The van der Waals surface area contributed by atoms with E-state index < -0.39 is 19.5 Å². The van der Waals surface area contributed by atoms with E-state index in [1.165, 1.54) is 6.33 Å². The Labute approximate surface area is 182 Å². The van der Waals surface area contributed by atoms with Crippen molar-refractivity contribution in [3.63, 3.8) is 0 Å². The minimum atomic E-state index is -3.30. The van der Waals surface area contributed by atoms with Gasteiger partial charge in [-0.2, -0.15) is 13.5 Å². The molecule has 0 aliphatic carbocycles. The van der Waals surface area contributed by atoms with Gasteiger partial charge < -0.3 is 24.3 Å². The van der Waals surface area contributed by atoms with Gasteiger partial charge in [0.25, 0.3) is 7.52 Å². The van der Waals surface area contributed by atoms with Gasteiger partial charge in [-0.05, 0) is 13.3 Å². The maximum atomic E-state index is 12.8. The monoisotopic (exact) mass is 460 g/mol. The van der Waals surface area contributed by atoms with E-state index in [2.05, 4.69) is 27.0 Å². The van der Waals surface area contributed by atoms with Crippen LogP contribution >= 0.6 is 21.0 Å². The summed E-state index contributed by atoms with van der Waals surface area (Å²) in [6, 6.07) is -0.750. The molecule has 1 fully saturated rings. The average Bonchev–Trinajstić information content (AvgIpc) is 3.11. The van der Waals surface area contributed by atoms with Gasteiger partial charge in [-0.25, -0.2) is 20.0 Å². The third-order valence-electron chi connectivity index (χ3n) is 4.52. The van der Waals surface area contributed by atoms with Crippen LogP contribution in [-0.2, 0) is 29.9 Å². The van der Waals surface area contributed by atoms with E-state index in [4.69, 9.17) is 19.7 Å². The number of esters is 1. The molecular formula is C17H29N6O5PS. The van der Waals surface area contributed by atoms with Crippen LogP contribution < -0.4 is 10.8 Å². The third-order valence-corrected chi connectivity index (χ3v) is 6.35. The number of carbonyl (C=O) groups is 1. The topological polar surface area (TPSA) is 143 Å². The molecule has 1 aliphatic rings. The van der Waals surface area contributed by atoms with E-state index in [-0.39, 0.29) is 32.6 Å². The van der Waals surface area contributed by atoms with Gasteiger partial charge in [-0.1, -0.05) is 19.8 Å². The molecule has 13 heteroatoms. The zero-order chi connectivity index (χ0) is 20.9. The number of nitrogens with zero attached hydrogens (tertiary/aromatic N) is 4. The second-order valence-electron chi connectivity index (χ2n) is 6.94. The largest absolute Gasteiger partial charge is 0.465 e. The lowest BCUT2D eigenvalue weighted by atomic mass is 10.3. The van der Waals surface area contributed by atoms with Crippen molar-refractivity contribution >= 4 is 44.0 Å². The summed E-state index contributed by atoms with van der Waals surface area (Å²) in [6.45, 7) is 4.53. The molecular weight excluding hydrogens is 431 g/mol. The van der Waals surface area contributed by atoms with E-state index in [1.807, 2.05) is 0 Å². The van der Waals surface area contributed by atoms with Crippen molar-refractivity contribution in [1.82, 2.24) is 24.6 Å². The number of nitrogen functional groups attached to an aromatic ring is 1. The highest BCUT2D eigenvalue weighted by Crippen LogP contribution is 2.46. The molecule has 2 aromatic heterocycles. The lowest BCUT2D eigenvalue weighted by Crippen LogP contribution is -2.39. The molecule has 0 saturated carbocycles. The van der Waals surface area contributed by atoms with Crippen LogP contribution in [0, 0.1) is 0 Å². The number of hydrogen-bond acceptors (Lipinski definition) is 9. The van der Waals surface area contributed by atoms with Gasteiger partial charge in [0, 0.05) is 0 Å². The van der Waals surface area contributed by atoms with Gasteiger partial charge >= 0.3 is 5.97 Å². The molecule has 3 atom stereocenters. The highest BCUT2D eigenvalue weighted by Gasteiger charge is 2.35. The number of hydrogen-bond donors (Lipinski definition) is 2.